The van der Waals surface area contributed by atoms with Gasteiger partial charge in [-0.1, -0.05) is 56.2 Å². The Labute approximate surface area is 125 Å². The second-order valence-corrected chi connectivity index (χ2v) is 5.80. The van der Waals surface area contributed by atoms with Crippen LogP contribution in [-0.4, -0.2) is 11.9 Å². The van der Waals surface area contributed by atoms with E-state index in [-0.39, 0.29) is 5.91 Å². The van der Waals surface area contributed by atoms with E-state index < -0.39 is 0 Å². The minimum Gasteiger partial charge on any atom is -0.349 e. The lowest BCUT2D eigenvalue weighted by Crippen LogP contribution is -2.36. The number of amides is 1. The molecule has 1 saturated carbocycles. The lowest BCUT2D eigenvalue weighted by Gasteiger charge is -2.22. The molecule has 1 aliphatic carbocycles. The van der Waals surface area contributed by atoms with Crippen LogP contribution in [0, 0.1) is 0 Å². The predicted octanol–water partition coefficient (Wildman–Crippen LogP) is 4.55. The fourth-order valence-corrected chi connectivity index (χ4v) is 3.14. The van der Waals surface area contributed by atoms with E-state index >= 15 is 0 Å². The molecule has 0 unspecified atom stereocenters. The summed E-state index contributed by atoms with van der Waals surface area (Å²) >= 11 is 0. The van der Waals surface area contributed by atoms with Crippen molar-refractivity contribution < 1.29 is 4.79 Å². The largest absolute Gasteiger partial charge is 0.349 e. The first-order valence-corrected chi connectivity index (χ1v) is 7.74. The molecule has 0 spiro atoms. The molecule has 0 aliphatic heterocycles. The number of carbonyl (C=O) groups is 1. The van der Waals surface area contributed by atoms with Crippen LogP contribution in [0.2, 0.25) is 0 Å². The molecule has 2 aromatic carbocycles. The van der Waals surface area contributed by atoms with Gasteiger partial charge in [-0.3, -0.25) is 4.79 Å². The first kappa shape index (κ1) is 13.9. The number of hydrogen-bond acceptors (Lipinski definition) is 1. The molecule has 0 bridgehead atoms. The van der Waals surface area contributed by atoms with Crippen molar-refractivity contribution in [3.63, 3.8) is 0 Å². The van der Waals surface area contributed by atoms with Gasteiger partial charge in [-0.15, -0.1) is 0 Å². The highest BCUT2D eigenvalue weighted by molar-refractivity contribution is 6.00. The van der Waals surface area contributed by atoms with Gasteiger partial charge in [-0.05, 0) is 41.3 Å². The zero-order valence-electron chi connectivity index (χ0n) is 12.3. The Morgan fingerprint density at radius 1 is 1.14 bits per heavy atom. The molecule has 2 aromatic rings. The van der Waals surface area contributed by atoms with Gasteiger partial charge in [0.05, 0.1) is 0 Å². The molecule has 1 aliphatic rings. The van der Waals surface area contributed by atoms with Crippen LogP contribution in [0.4, 0.5) is 0 Å². The van der Waals surface area contributed by atoms with Crippen LogP contribution in [0.3, 0.4) is 0 Å². The Morgan fingerprint density at radius 3 is 2.71 bits per heavy atom. The van der Waals surface area contributed by atoms with Crippen LogP contribution in [0.25, 0.3) is 16.8 Å². The van der Waals surface area contributed by atoms with E-state index in [1.54, 1.807) is 0 Å². The van der Waals surface area contributed by atoms with Crippen molar-refractivity contribution in [3.8, 4) is 0 Å². The summed E-state index contributed by atoms with van der Waals surface area (Å²) in [5.41, 5.74) is 1.85. The standard InChI is InChI=1S/C19H21NO/c1-2-14-7-6-8-15-13-16(11-12-18(14)15)19(21)20-17-9-4-3-5-10-17/h2,6-8,11-13,17H,1,3-5,9-10H2,(H,20,21). The van der Waals surface area contributed by atoms with Crippen LogP contribution in [0.5, 0.6) is 0 Å². The number of carbonyl (C=O) groups excluding carboxylic acids is 1. The summed E-state index contributed by atoms with van der Waals surface area (Å²) in [5.74, 6) is 0.0489. The Kier molecular flexibility index (Phi) is 4.05. The molecule has 2 heteroatoms. The number of nitrogens with one attached hydrogen (secondary N) is 1. The molecule has 1 amide bonds. The van der Waals surface area contributed by atoms with Gasteiger partial charge >= 0.3 is 0 Å². The maximum Gasteiger partial charge on any atom is 0.251 e. The number of rotatable bonds is 3. The minimum atomic E-state index is 0.0489. The van der Waals surface area contributed by atoms with Gasteiger partial charge in [-0.2, -0.15) is 0 Å². The lowest BCUT2D eigenvalue weighted by atomic mass is 9.95. The van der Waals surface area contributed by atoms with Gasteiger partial charge in [0, 0.05) is 11.6 Å². The van der Waals surface area contributed by atoms with E-state index in [9.17, 15) is 4.79 Å². The fraction of sp³-hybridized carbons (Fsp3) is 0.316. The first-order chi connectivity index (χ1) is 10.3. The third-order valence-electron chi connectivity index (χ3n) is 4.34. The second-order valence-electron chi connectivity index (χ2n) is 5.80. The van der Waals surface area contributed by atoms with Gasteiger partial charge in [0.1, 0.15) is 0 Å². The average Bonchev–Trinajstić information content (AvgIpc) is 2.54. The van der Waals surface area contributed by atoms with Crippen molar-refractivity contribution >= 4 is 22.8 Å². The molecule has 0 aromatic heterocycles. The molecule has 21 heavy (non-hydrogen) atoms. The molecule has 0 heterocycles. The quantitative estimate of drug-likeness (QED) is 0.877. The molecule has 0 saturated heterocycles. The number of fused-ring (bicyclic) bond motifs is 1. The average molecular weight is 279 g/mol. The summed E-state index contributed by atoms with van der Waals surface area (Å²) in [7, 11) is 0. The highest BCUT2D eigenvalue weighted by Gasteiger charge is 2.16. The van der Waals surface area contributed by atoms with E-state index in [0.29, 0.717) is 6.04 Å². The molecule has 0 radical (unpaired) electrons. The molecular weight excluding hydrogens is 258 g/mol. The zero-order valence-corrected chi connectivity index (χ0v) is 12.3. The molecule has 3 rings (SSSR count). The van der Waals surface area contributed by atoms with Crippen LogP contribution in [-0.2, 0) is 0 Å². The Balaban J connectivity index is 1.83. The SMILES string of the molecule is C=Cc1cccc2cc(C(=O)NC3CCCCC3)ccc12. The molecule has 0 atom stereocenters. The van der Waals surface area contributed by atoms with E-state index in [4.69, 9.17) is 0 Å². The minimum absolute atomic E-state index is 0.0489. The Morgan fingerprint density at radius 2 is 1.95 bits per heavy atom. The monoisotopic (exact) mass is 279 g/mol. The highest BCUT2D eigenvalue weighted by Crippen LogP contribution is 2.22. The normalized spacial score (nSPS) is 15.8. The topological polar surface area (TPSA) is 29.1 Å². The fourth-order valence-electron chi connectivity index (χ4n) is 3.14. The summed E-state index contributed by atoms with van der Waals surface area (Å²) in [6.45, 7) is 3.84. The van der Waals surface area contributed by atoms with E-state index in [1.807, 2.05) is 42.5 Å². The lowest BCUT2D eigenvalue weighted by molar-refractivity contribution is 0.0928. The van der Waals surface area contributed by atoms with Gasteiger partial charge in [-0.25, -0.2) is 0 Å². The van der Waals surface area contributed by atoms with Gasteiger partial charge in [0.25, 0.3) is 5.91 Å². The number of hydrogen-bond donors (Lipinski definition) is 1. The van der Waals surface area contributed by atoms with Crippen molar-refractivity contribution in [2.75, 3.05) is 0 Å². The zero-order chi connectivity index (χ0) is 14.7. The summed E-state index contributed by atoms with van der Waals surface area (Å²) in [6.07, 6.45) is 7.83. The molecule has 2 nitrogen and oxygen atoms in total. The summed E-state index contributed by atoms with van der Waals surface area (Å²) in [5, 5.41) is 5.40. The van der Waals surface area contributed by atoms with E-state index in [0.717, 1.165) is 34.7 Å². The van der Waals surface area contributed by atoms with Crippen molar-refractivity contribution in [1.29, 1.82) is 0 Å². The van der Waals surface area contributed by atoms with Gasteiger partial charge < -0.3 is 5.32 Å². The van der Waals surface area contributed by atoms with Crippen LogP contribution < -0.4 is 5.32 Å². The molecule has 1 fully saturated rings. The summed E-state index contributed by atoms with van der Waals surface area (Å²) in [4.78, 5) is 12.4. The maximum absolute atomic E-state index is 12.4. The van der Waals surface area contributed by atoms with Crippen molar-refractivity contribution in [3.05, 3.63) is 54.1 Å². The highest BCUT2D eigenvalue weighted by atomic mass is 16.1. The van der Waals surface area contributed by atoms with Crippen LogP contribution in [0.15, 0.2) is 43.0 Å². The van der Waals surface area contributed by atoms with Gasteiger partial charge in [0.2, 0.25) is 0 Å². The van der Waals surface area contributed by atoms with E-state index in [2.05, 4.69) is 11.9 Å². The summed E-state index contributed by atoms with van der Waals surface area (Å²) in [6, 6.07) is 12.3. The summed E-state index contributed by atoms with van der Waals surface area (Å²) < 4.78 is 0. The third kappa shape index (κ3) is 2.99. The third-order valence-corrected chi connectivity index (χ3v) is 4.34. The predicted molar refractivity (Wildman–Crippen MR) is 88.4 cm³/mol. The second kappa shape index (κ2) is 6.13. The number of benzene rings is 2. The van der Waals surface area contributed by atoms with Crippen molar-refractivity contribution in [2.24, 2.45) is 0 Å². The maximum atomic E-state index is 12.4. The Hall–Kier alpha value is -2.09. The molecule has 1 N–H and O–H groups in total. The smallest absolute Gasteiger partial charge is 0.251 e. The Bertz CT molecular complexity index is 668. The molecule has 108 valence electrons. The van der Waals surface area contributed by atoms with Crippen LogP contribution >= 0.6 is 0 Å². The van der Waals surface area contributed by atoms with E-state index in [1.165, 1.54) is 19.3 Å². The van der Waals surface area contributed by atoms with Crippen molar-refractivity contribution in [2.45, 2.75) is 38.1 Å². The van der Waals surface area contributed by atoms with Gasteiger partial charge in [0.15, 0.2) is 0 Å². The van der Waals surface area contributed by atoms with Crippen LogP contribution in [0.1, 0.15) is 48.0 Å². The molecular formula is C19H21NO. The first-order valence-electron chi connectivity index (χ1n) is 7.74. The van der Waals surface area contributed by atoms with Crippen molar-refractivity contribution in [1.82, 2.24) is 5.32 Å².